The first-order valence-corrected chi connectivity index (χ1v) is 10.2. The van der Waals surface area contributed by atoms with Gasteiger partial charge in [-0.15, -0.1) is 0 Å². The van der Waals surface area contributed by atoms with Gasteiger partial charge >= 0.3 is 0 Å². The highest BCUT2D eigenvalue weighted by atomic mass is 32.1. The average molecular weight is 329 g/mol. The van der Waals surface area contributed by atoms with Crippen molar-refractivity contribution in [1.82, 2.24) is 10.6 Å². The van der Waals surface area contributed by atoms with E-state index in [-0.39, 0.29) is 0 Å². The van der Waals surface area contributed by atoms with Crippen molar-refractivity contribution in [3.63, 3.8) is 0 Å². The summed E-state index contributed by atoms with van der Waals surface area (Å²) in [5.74, 6) is 0. The Morgan fingerprint density at radius 1 is 0.545 bits per heavy atom. The van der Waals surface area contributed by atoms with E-state index >= 15 is 0 Å². The molecule has 3 heteroatoms. The molecule has 0 saturated carbocycles. The summed E-state index contributed by atoms with van der Waals surface area (Å²) in [6, 6.07) is 0. The summed E-state index contributed by atoms with van der Waals surface area (Å²) >= 11 is 5.30. The van der Waals surface area contributed by atoms with Crippen LogP contribution in [0.3, 0.4) is 0 Å². The minimum absolute atomic E-state index is 0.844. The Labute approximate surface area is 145 Å². The van der Waals surface area contributed by atoms with Gasteiger partial charge in [0.25, 0.3) is 0 Å². The molecule has 0 unspecified atom stereocenters. The van der Waals surface area contributed by atoms with E-state index in [1.54, 1.807) is 0 Å². The summed E-state index contributed by atoms with van der Waals surface area (Å²) in [5, 5.41) is 7.49. The molecule has 0 aliphatic heterocycles. The molecule has 0 aliphatic carbocycles. The van der Waals surface area contributed by atoms with Gasteiger partial charge in [-0.2, -0.15) is 0 Å². The first kappa shape index (κ1) is 21.7. The second-order valence-electron chi connectivity index (χ2n) is 6.43. The van der Waals surface area contributed by atoms with Crippen molar-refractivity contribution in [2.75, 3.05) is 13.1 Å². The quantitative estimate of drug-likeness (QED) is 0.270. The Balaban J connectivity index is 3.13. The molecule has 2 N–H and O–H groups in total. The number of hydrogen-bond donors (Lipinski definition) is 2. The molecule has 0 aromatic heterocycles. The van der Waals surface area contributed by atoms with Crippen molar-refractivity contribution in [1.29, 1.82) is 0 Å². The van der Waals surface area contributed by atoms with E-state index in [0.29, 0.717) is 0 Å². The summed E-state index contributed by atoms with van der Waals surface area (Å²) in [6.45, 7) is 6.59. The van der Waals surface area contributed by atoms with Crippen molar-refractivity contribution in [2.24, 2.45) is 0 Å². The fourth-order valence-corrected chi connectivity index (χ4v) is 2.83. The van der Waals surface area contributed by atoms with Crippen LogP contribution in [0.5, 0.6) is 0 Å². The maximum atomic E-state index is 5.30. The van der Waals surface area contributed by atoms with Gasteiger partial charge in [-0.25, -0.2) is 0 Å². The maximum Gasteiger partial charge on any atom is 0.166 e. The third-order valence-corrected chi connectivity index (χ3v) is 4.42. The molecule has 2 nitrogen and oxygen atoms in total. The largest absolute Gasteiger partial charge is 0.363 e. The van der Waals surface area contributed by atoms with Gasteiger partial charge in [0, 0.05) is 13.1 Å². The Hall–Kier alpha value is -0.310. The van der Waals surface area contributed by atoms with E-state index in [9.17, 15) is 0 Å². The van der Waals surface area contributed by atoms with E-state index in [0.717, 1.165) is 18.2 Å². The number of hydrogen-bond acceptors (Lipinski definition) is 1. The molecule has 0 bridgehead atoms. The maximum absolute atomic E-state index is 5.30. The summed E-state index contributed by atoms with van der Waals surface area (Å²) in [4.78, 5) is 0. The first-order chi connectivity index (χ1) is 10.8. The van der Waals surface area contributed by atoms with Crippen LogP contribution in [0.15, 0.2) is 0 Å². The van der Waals surface area contributed by atoms with Crippen molar-refractivity contribution < 1.29 is 0 Å². The van der Waals surface area contributed by atoms with E-state index in [4.69, 9.17) is 12.2 Å². The van der Waals surface area contributed by atoms with Crippen molar-refractivity contribution in [3.8, 4) is 0 Å². The smallest absolute Gasteiger partial charge is 0.166 e. The van der Waals surface area contributed by atoms with Gasteiger partial charge < -0.3 is 10.6 Å². The van der Waals surface area contributed by atoms with Gasteiger partial charge in [0.05, 0.1) is 0 Å². The molecule has 0 rings (SSSR count). The highest BCUT2D eigenvalue weighted by molar-refractivity contribution is 7.80. The molecule has 0 radical (unpaired) electrons. The van der Waals surface area contributed by atoms with Crippen LogP contribution >= 0.6 is 12.2 Å². The Bertz CT molecular complexity index is 209. The molecule has 0 atom stereocenters. The van der Waals surface area contributed by atoms with E-state index in [1.165, 1.54) is 89.9 Å². The Kier molecular flexibility index (Phi) is 18.5. The minimum atomic E-state index is 0.844. The summed E-state index contributed by atoms with van der Waals surface area (Å²) in [6.07, 6.45) is 19.0. The van der Waals surface area contributed by atoms with Crippen LogP contribution in [0.4, 0.5) is 0 Å². The molecule has 0 aromatic rings. The van der Waals surface area contributed by atoms with Gasteiger partial charge in [0.2, 0.25) is 0 Å². The molecule has 0 saturated heterocycles. The molecule has 0 aliphatic rings. The SMILES string of the molecule is CCCCCCCCCNC(=S)NCCCCCCCCC. The molecule has 0 aromatic carbocycles. The van der Waals surface area contributed by atoms with Crippen LogP contribution in [-0.4, -0.2) is 18.2 Å². The lowest BCUT2D eigenvalue weighted by Gasteiger charge is -2.10. The van der Waals surface area contributed by atoms with Gasteiger partial charge in [-0.05, 0) is 25.1 Å². The molecule has 0 amide bonds. The normalized spacial score (nSPS) is 10.6. The molecule has 0 heterocycles. The molecular weight excluding hydrogens is 288 g/mol. The average Bonchev–Trinajstić information content (AvgIpc) is 2.52. The number of rotatable bonds is 16. The topological polar surface area (TPSA) is 24.1 Å². The molecule has 22 heavy (non-hydrogen) atoms. The zero-order chi connectivity index (χ0) is 16.3. The number of thiocarbonyl (C=S) groups is 1. The fourth-order valence-electron chi connectivity index (χ4n) is 2.63. The molecule has 132 valence electrons. The second kappa shape index (κ2) is 18.7. The Morgan fingerprint density at radius 3 is 1.23 bits per heavy atom. The molecular formula is C19H40N2S. The minimum Gasteiger partial charge on any atom is -0.363 e. The summed E-state index contributed by atoms with van der Waals surface area (Å²) in [5.41, 5.74) is 0. The van der Waals surface area contributed by atoms with Crippen molar-refractivity contribution in [2.45, 2.75) is 104 Å². The Morgan fingerprint density at radius 2 is 0.864 bits per heavy atom. The van der Waals surface area contributed by atoms with Crippen LogP contribution in [-0.2, 0) is 0 Å². The van der Waals surface area contributed by atoms with Gasteiger partial charge in [0.15, 0.2) is 5.11 Å². The van der Waals surface area contributed by atoms with Gasteiger partial charge in [-0.1, -0.05) is 90.9 Å². The lowest BCUT2D eigenvalue weighted by molar-refractivity contribution is 0.578. The lowest BCUT2D eigenvalue weighted by Crippen LogP contribution is -2.36. The van der Waals surface area contributed by atoms with E-state index in [1.807, 2.05) is 0 Å². The zero-order valence-electron chi connectivity index (χ0n) is 15.2. The van der Waals surface area contributed by atoms with Crippen LogP contribution < -0.4 is 10.6 Å². The number of nitrogens with one attached hydrogen (secondary N) is 2. The summed E-state index contributed by atoms with van der Waals surface area (Å²) in [7, 11) is 0. The second-order valence-corrected chi connectivity index (χ2v) is 6.83. The van der Waals surface area contributed by atoms with Gasteiger partial charge in [-0.3, -0.25) is 0 Å². The lowest BCUT2D eigenvalue weighted by atomic mass is 10.1. The van der Waals surface area contributed by atoms with Gasteiger partial charge in [0.1, 0.15) is 0 Å². The van der Waals surface area contributed by atoms with E-state index in [2.05, 4.69) is 24.5 Å². The van der Waals surface area contributed by atoms with Crippen LogP contribution in [0.2, 0.25) is 0 Å². The summed E-state index contributed by atoms with van der Waals surface area (Å²) < 4.78 is 0. The van der Waals surface area contributed by atoms with Crippen molar-refractivity contribution in [3.05, 3.63) is 0 Å². The van der Waals surface area contributed by atoms with Crippen molar-refractivity contribution >= 4 is 17.3 Å². The highest BCUT2D eigenvalue weighted by Gasteiger charge is 1.96. The monoisotopic (exact) mass is 328 g/mol. The van der Waals surface area contributed by atoms with Crippen LogP contribution in [0.1, 0.15) is 104 Å². The predicted molar refractivity (Wildman–Crippen MR) is 105 cm³/mol. The molecule has 0 fully saturated rings. The number of unbranched alkanes of at least 4 members (excludes halogenated alkanes) is 12. The zero-order valence-corrected chi connectivity index (χ0v) is 16.0. The van der Waals surface area contributed by atoms with E-state index < -0.39 is 0 Å². The van der Waals surface area contributed by atoms with Crippen LogP contribution in [0, 0.1) is 0 Å². The predicted octanol–water partition coefficient (Wildman–Crippen LogP) is 5.95. The van der Waals surface area contributed by atoms with Crippen LogP contribution in [0.25, 0.3) is 0 Å². The molecule has 0 spiro atoms. The third-order valence-electron chi connectivity index (χ3n) is 4.13. The third kappa shape index (κ3) is 17.7. The highest BCUT2D eigenvalue weighted by Crippen LogP contribution is 2.07. The fraction of sp³-hybridized carbons (Fsp3) is 0.947. The standard InChI is InChI=1S/C19H40N2S/c1-3-5-7-9-11-13-15-17-20-19(22)21-18-16-14-12-10-8-6-4-2/h3-18H2,1-2H3,(H2,20,21,22). The first-order valence-electron chi connectivity index (χ1n) is 9.83.